The van der Waals surface area contributed by atoms with E-state index in [1.165, 1.54) is 5.56 Å². The van der Waals surface area contributed by atoms with Crippen LogP contribution in [-0.4, -0.2) is 52.8 Å². The largest absolute Gasteiger partial charge is 0.497 e. The van der Waals surface area contributed by atoms with Gasteiger partial charge in [0.25, 0.3) is 0 Å². The summed E-state index contributed by atoms with van der Waals surface area (Å²) in [6.07, 6.45) is 7.14. The minimum absolute atomic E-state index is 0.125. The molecule has 2 N–H and O–H groups in total. The number of nitrogens with zero attached hydrogens (tertiary/aromatic N) is 2. The number of benzene rings is 1. The zero-order chi connectivity index (χ0) is 24.6. The van der Waals surface area contributed by atoms with E-state index in [0.717, 1.165) is 74.0 Å². The molecule has 0 amide bonds. The van der Waals surface area contributed by atoms with E-state index in [1.54, 1.807) is 24.6 Å². The van der Waals surface area contributed by atoms with Gasteiger partial charge in [-0.05, 0) is 116 Å². The fourth-order valence-corrected chi connectivity index (χ4v) is 6.09. The van der Waals surface area contributed by atoms with E-state index < -0.39 is 12.1 Å². The van der Waals surface area contributed by atoms with Gasteiger partial charge in [0, 0.05) is 24.5 Å². The van der Waals surface area contributed by atoms with Gasteiger partial charge in [0.15, 0.2) is 0 Å². The number of carboxylic acids is 1. The minimum atomic E-state index is -0.730. The van der Waals surface area contributed by atoms with E-state index in [9.17, 15) is 15.0 Å². The molecule has 0 bridgehead atoms. The van der Waals surface area contributed by atoms with Crippen molar-refractivity contribution >= 4 is 28.2 Å². The van der Waals surface area contributed by atoms with Gasteiger partial charge >= 0.3 is 5.97 Å². The topological polar surface area (TPSA) is 82.9 Å². The van der Waals surface area contributed by atoms with Crippen molar-refractivity contribution in [3.63, 3.8) is 0 Å². The molecule has 188 valence electrons. The maximum atomic E-state index is 11.6. The van der Waals surface area contributed by atoms with Crippen LogP contribution in [0.4, 0.5) is 0 Å². The fraction of sp³-hybridized carbons (Fsp3) is 0.500. The van der Waals surface area contributed by atoms with Crippen molar-refractivity contribution in [1.29, 1.82) is 0 Å². The molecule has 3 atom stereocenters. The predicted octanol–water partition coefficient (Wildman–Crippen LogP) is 5.55. The summed E-state index contributed by atoms with van der Waals surface area (Å²) in [6, 6.07) is 9.77. The van der Waals surface area contributed by atoms with Crippen LogP contribution in [0.15, 0.2) is 47.3 Å². The molecule has 1 aromatic carbocycles. The summed E-state index contributed by atoms with van der Waals surface area (Å²) in [4.78, 5) is 18.4. The van der Waals surface area contributed by atoms with Crippen molar-refractivity contribution in [3.05, 3.63) is 58.4 Å². The van der Waals surface area contributed by atoms with E-state index in [1.807, 2.05) is 24.3 Å². The molecule has 0 aliphatic carbocycles. The lowest BCUT2D eigenvalue weighted by Crippen LogP contribution is -2.41. The van der Waals surface area contributed by atoms with Crippen molar-refractivity contribution in [2.45, 2.75) is 51.0 Å². The van der Waals surface area contributed by atoms with Crippen LogP contribution in [0.2, 0.25) is 0 Å². The van der Waals surface area contributed by atoms with Crippen LogP contribution < -0.4 is 4.74 Å². The lowest BCUT2D eigenvalue weighted by Gasteiger charge is -2.38. The fourth-order valence-electron chi connectivity index (χ4n) is 5.39. The van der Waals surface area contributed by atoms with Gasteiger partial charge in [0.1, 0.15) is 5.75 Å². The van der Waals surface area contributed by atoms with Gasteiger partial charge in [0.05, 0.1) is 18.7 Å². The molecule has 1 aliphatic heterocycles. The zero-order valence-electron chi connectivity index (χ0n) is 20.4. The van der Waals surface area contributed by atoms with Crippen molar-refractivity contribution in [1.82, 2.24) is 9.88 Å². The lowest BCUT2D eigenvalue weighted by atomic mass is 9.79. The Labute approximate surface area is 211 Å². The van der Waals surface area contributed by atoms with Gasteiger partial charge in [-0.1, -0.05) is 0 Å². The molecule has 2 aromatic heterocycles. The van der Waals surface area contributed by atoms with Gasteiger partial charge in [-0.3, -0.25) is 9.78 Å². The van der Waals surface area contributed by atoms with E-state index in [-0.39, 0.29) is 12.3 Å². The summed E-state index contributed by atoms with van der Waals surface area (Å²) >= 11 is 1.75. The third-order valence-corrected chi connectivity index (χ3v) is 8.07. The Balaban J connectivity index is 1.32. The number of hydrogen-bond acceptors (Lipinski definition) is 6. The number of aryl methyl sites for hydroxylation is 1. The lowest BCUT2D eigenvalue weighted by molar-refractivity contribution is -0.139. The number of thiophene rings is 1. The summed E-state index contributed by atoms with van der Waals surface area (Å²) in [5.74, 6) is 0.445. The number of methoxy groups -OCH3 is 1. The van der Waals surface area contributed by atoms with Crippen LogP contribution >= 0.6 is 11.3 Å². The van der Waals surface area contributed by atoms with E-state index >= 15 is 0 Å². The number of likely N-dealkylation sites (tertiary alicyclic amines) is 1. The van der Waals surface area contributed by atoms with Crippen molar-refractivity contribution in [2.75, 3.05) is 26.7 Å². The molecule has 0 radical (unpaired) electrons. The number of aromatic nitrogens is 1. The Bertz CT molecular complexity index is 1090. The molecule has 1 aliphatic rings. The molecule has 1 fully saturated rings. The highest BCUT2D eigenvalue weighted by molar-refractivity contribution is 7.07. The molecule has 0 unspecified atom stereocenters. The Hall–Kier alpha value is -2.48. The molecular weight excluding hydrogens is 460 g/mol. The molecule has 35 heavy (non-hydrogen) atoms. The molecule has 4 rings (SSSR count). The number of unbranched alkanes of at least 4 members (excludes halogenated alkanes) is 1. The van der Waals surface area contributed by atoms with E-state index in [4.69, 9.17) is 4.74 Å². The second-order valence-electron chi connectivity index (χ2n) is 9.67. The highest BCUT2D eigenvalue weighted by Crippen LogP contribution is 2.35. The third kappa shape index (κ3) is 7.03. The molecule has 7 heteroatoms. The number of piperidine rings is 1. The first-order valence-corrected chi connectivity index (χ1v) is 13.5. The Morgan fingerprint density at radius 3 is 2.91 bits per heavy atom. The van der Waals surface area contributed by atoms with Crippen LogP contribution in [0.25, 0.3) is 10.9 Å². The number of aliphatic carboxylic acids is 1. The minimum Gasteiger partial charge on any atom is -0.497 e. The first-order valence-electron chi connectivity index (χ1n) is 12.6. The predicted molar refractivity (Wildman–Crippen MR) is 140 cm³/mol. The summed E-state index contributed by atoms with van der Waals surface area (Å²) in [5, 5.41) is 25.8. The number of fused-ring (bicyclic) bond motifs is 1. The van der Waals surface area contributed by atoms with Crippen molar-refractivity contribution < 1.29 is 19.7 Å². The standard InChI is InChI=1S/C28H36N2O4S/c1-34-23-6-7-26-25(17-23)24(9-12-29-26)27(31)8-5-21-10-14-30(18-22(21)16-28(32)33)13-3-2-4-20-11-15-35-19-20/h6-7,9,11-12,15,17,19,21-22,27,31H,2-5,8,10,13-14,16,18H2,1H3,(H,32,33)/t21-,22+,27-/m1/s1. The Kier molecular flexibility index (Phi) is 9.12. The average Bonchev–Trinajstić information content (AvgIpc) is 3.38. The Morgan fingerprint density at radius 2 is 2.14 bits per heavy atom. The SMILES string of the molecule is COc1ccc2nccc([C@H](O)CC[C@@H]3CCN(CCCCc4ccsc4)C[C@@H]3CC(=O)O)c2c1. The van der Waals surface area contributed by atoms with E-state index in [2.05, 4.69) is 26.7 Å². The summed E-state index contributed by atoms with van der Waals surface area (Å²) < 4.78 is 5.36. The molecule has 6 nitrogen and oxygen atoms in total. The maximum absolute atomic E-state index is 11.6. The number of rotatable bonds is 12. The summed E-state index contributed by atoms with van der Waals surface area (Å²) in [6.45, 7) is 2.87. The number of ether oxygens (including phenoxy) is 1. The molecular formula is C28H36N2O4S. The molecule has 0 spiro atoms. The second-order valence-corrected chi connectivity index (χ2v) is 10.5. The van der Waals surface area contributed by atoms with Crippen LogP contribution in [0.3, 0.4) is 0 Å². The first-order chi connectivity index (χ1) is 17.0. The molecule has 3 heterocycles. The van der Waals surface area contributed by atoms with Gasteiger partial charge in [-0.25, -0.2) is 0 Å². The second kappa shape index (κ2) is 12.5. The number of aliphatic hydroxyl groups excluding tert-OH is 1. The normalized spacial score (nSPS) is 19.6. The maximum Gasteiger partial charge on any atom is 0.303 e. The highest BCUT2D eigenvalue weighted by Gasteiger charge is 2.31. The number of hydrogen-bond donors (Lipinski definition) is 2. The number of carboxylic acid groups (broad SMARTS) is 1. The molecule has 1 saturated heterocycles. The van der Waals surface area contributed by atoms with Crippen LogP contribution in [0.5, 0.6) is 5.75 Å². The Morgan fingerprint density at radius 1 is 1.26 bits per heavy atom. The average molecular weight is 497 g/mol. The zero-order valence-corrected chi connectivity index (χ0v) is 21.3. The first kappa shape index (κ1) is 25.6. The van der Waals surface area contributed by atoms with Crippen LogP contribution in [-0.2, 0) is 11.2 Å². The van der Waals surface area contributed by atoms with Gasteiger partial charge < -0.3 is 19.8 Å². The van der Waals surface area contributed by atoms with E-state index in [0.29, 0.717) is 12.3 Å². The van der Waals surface area contributed by atoms with Crippen molar-refractivity contribution in [3.8, 4) is 5.75 Å². The van der Waals surface area contributed by atoms with Gasteiger partial charge in [-0.2, -0.15) is 11.3 Å². The monoisotopic (exact) mass is 496 g/mol. The highest BCUT2D eigenvalue weighted by atomic mass is 32.1. The quantitative estimate of drug-likeness (QED) is 0.320. The van der Waals surface area contributed by atoms with Crippen LogP contribution in [0.1, 0.15) is 55.8 Å². The summed E-state index contributed by atoms with van der Waals surface area (Å²) in [5.41, 5.74) is 3.10. The number of pyridine rings is 1. The number of aliphatic hydroxyl groups is 1. The molecule has 0 saturated carbocycles. The van der Waals surface area contributed by atoms with Gasteiger partial charge in [0.2, 0.25) is 0 Å². The third-order valence-electron chi connectivity index (χ3n) is 7.33. The van der Waals surface area contributed by atoms with Gasteiger partial charge in [-0.15, -0.1) is 0 Å². The molecule has 3 aromatic rings. The smallest absolute Gasteiger partial charge is 0.303 e. The number of carbonyl (C=O) groups is 1. The van der Waals surface area contributed by atoms with Crippen molar-refractivity contribution in [2.24, 2.45) is 11.8 Å². The summed E-state index contributed by atoms with van der Waals surface area (Å²) in [7, 11) is 1.63. The van der Waals surface area contributed by atoms with Crippen LogP contribution in [0, 0.1) is 11.8 Å².